The highest BCUT2D eigenvalue weighted by Gasteiger charge is 2.19. The molecule has 0 saturated heterocycles. The number of rotatable bonds is 7. The summed E-state index contributed by atoms with van der Waals surface area (Å²) in [7, 11) is 0. The monoisotopic (exact) mass is 475 g/mol. The van der Waals surface area contributed by atoms with E-state index in [-0.39, 0.29) is 29.3 Å². The Morgan fingerprint density at radius 2 is 1.80 bits per heavy atom. The highest BCUT2D eigenvalue weighted by atomic mass is 19.1. The lowest BCUT2D eigenvalue weighted by Crippen LogP contribution is -2.30. The summed E-state index contributed by atoms with van der Waals surface area (Å²) in [4.78, 5) is 41.2. The third kappa shape index (κ3) is 5.16. The second-order valence-corrected chi connectivity index (χ2v) is 8.02. The number of fused-ring (bicyclic) bond motifs is 1. The van der Waals surface area contributed by atoms with Crippen LogP contribution in [0.2, 0.25) is 0 Å². The van der Waals surface area contributed by atoms with E-state index in [2.05, 4.69) is 20.7 Å². The summed E-state index contributed by atoms with van der Waals surface area (Å²) in [6.07, 6.45) is 1.47. The zero-order chi connectivity index (χ0) is 25.1. The number of halogens is 1. The number of carboxylic acids is 1. The Morgan fingerprint density at radius 1 is 1.06 bits per heavy atom. The zero-order valence-corrected chi connectivity index (χ0v) is 18.9. The van der Waals surface area contributed by atoms with Crippen molar-refractivity contribution in [3.8, 4) is 0 Å². The van der Waals surface area contributed by atoms with E-state index in [9.17, 15) is 18.8 Å². The molecule has 0 unspecified atom stereocenters. The topological polar surface area (TPSA) is 126 Å². The predicted octanol–water partition coefficient (Wildman–Crippen LogP) is 3.30. The number of aryl methyl sites for hydroxylation is 1. The fraction of sp³-hybridized carbons (Fsp3) is 0.160. The molecule has 0 saturated carbocycles. The van der Waals surface area contributed by atoms with Crippen LogP contribution in [-0.2, 0) is 6.54 Å². The molecule has 0 radical (unpaired) electrons. The second kappa shape index (κ2) is 9.72. The van der Waals surface area contributed by atoms with E-state index in [0.29, 0.717) is 16.8 Å². The van der Waals surface area contributed by atoms with Crippen LogP contribution in [0.5, 0.6) is 0 Å². The third-order valence-electron chi connectivity index (χ3n) is 5.51. The maximum Gasteiger partial charge on any atom is 0.335 e. The van der Waals surface area contributed by atoms with Crippen LogP contribution in [0.15, 0.2) is 60.8 Å². The average Bonchev–Trinajstić information content (AvgIpc) is 3.32. The number of nitrogens with one attached hydrogen (secondary N) is 2. The van der Waals surface area contributed by atoms with Gasteiger partial charge in [0.15, 0.2) is 5.65 Å². The molecule has 178 valence electrons. The summed E-state index contributed by atoms with van der Waals surface area (Å²) in [6.45, 7) is 3.56. The van der Waals surface area contributed by atoms with Crippen LogP contribution in [0.3, 0.4) is 0 Å². The Balaban J connectivity index is 1.53. The summed E-state index contributed by atoms with van der Waals surface area (Å²) in [5, 5.41) is 18.7. The number of carbonyl (C=O) groups excluding carboxylic acids is 2. The van der Waals surface area contributed by atoms with Gasteiger partial charge in [0.25, 0.3) is 11.8 Å². The van der Waals surface area contributed by atoms with Crippen LogP contribution in [0.1, 0.15) is 61.0 Å². The SMILES string of the molecule is Cc1cc(CNC(=O)c2cc(C(=O)N[C@@H](C)c3ccc(C(=O)O)cc3)n3nccc3n2)ccc1F. The number of nitrogens with zero attached hydrogens (tertiary/aromatic N) is 3. The number of amides is 2. The van der Waals surface area contributed by atoms with E-state index in [1.54, 1.807) is 44.2 Å². The predicted molar refractivity (Wildman–Crippen MR) is 125 cm³/mol. The molecule has 0 aliphatic carbocycles. The molecule has 2 amide bonds. The minimum Gasteiger partial charge on any atom is -0.478 e. The molecule has 4 rings (SSSR count). The van der Waals surface area contributed by atoms with Crippen molar-refractivity contribution in [1.29, 1.82) is 0 Å². The molecule has 0 aliphatic rings. The van der Waals surface area contributed by atoms with Gasteiger partial charge < -0.3 is 15.7 Å². The van der Waals surface area contributed by atoms with Crippen molar-refractivity contribution < 1.29 is 23.9 Å². The first-order valence-electron chi connectivity index (χ1n) is 10.7. The molecule has 2 aromatic carbocycles. The normalized spacial score (nSPS) is 11.7. The van der Waals surface area contributed by atoms with Crippen LogP contribution in [0.25, 0.3) is 5.65 Å². The van der Waals surface area contributed by atoms with Crippen molar-refractivity contribution in [1.82, 2.24) is 25.2 Å². The summed E-state index contributed by atoms with van der Waals surface area (Å²) >= 11 is 0. The molecule has 2 heterocycles. The zero-order valence-electron chi connectivity index (χ0n) is 18.9. The molecule has 2 aromatic heterocycles. The number of aromatic carboxylic acids is 1. The van der Waals surface area contributed by atoms with E-state index in [1.165, 1.54) is 35.0 Å². The minimum atomic E-state index is -1.04. The molecule has 35 heavy (non-hydrogen) atoms. The van der Waals surface area contributed by atoms with Crippen molar-refractivity contribution in [2.45, 2.75) is 26.4 Å². The summed E-state index contributed by atoms with van der Waals surface area (Å²) < 4.78 is 14.8. The first-order chi connectivity index (χ1) is 16.7. The fourth-order valence-electron chi connectivity index (χ4n) is 3.55. The van der Waals surface area contributed by atoms with Crippen molar-refractivity contribution in [3.63, 3.8) is 0 Å². The van der Waals surface area contributed by atoms with Gasteiger partial charge >= 0.3 is 5.97 Å². The summed E-state index contributed by atoms with van der Waals surface area (Å²) in [5.74, 6) is -2.34. The van der Waals surface area contributed by atoms with Gasteiger partial charge in [-0.3, -0.25) is 9.59 Å². The van der Waals surface area contributed by atoms with Crippen molar-refractivity contribution in [2.75, 3.05) is 0 Å². The van der Waals surface area contributed by atoms with E-state index in [0.717, 1.165) is 5.56 Å². The molecule has 3 N–H and O–H groups in total. The molecule has 10 heteroatoms. The van der Waals surface area contributed by atoms with Gasteiger partial charge in [0.1, 0.15) is 17.2 Å². The second-order valence-electron chi connectivity index (χ2n) is 8.02. The number of hydrogen-bond donors (Lipinski definition) is 3. The maximum atomic E-state index is 13.5. The van der Waals surface area contributed by atoms with Gasteiger partial charge in [0, 0.05) is 18.7 Å². The first kappa shape index (κ1) is 23.6. The van der Waals surface area contributed by atoms with Crippen LogP contribution < -0.4 is 10.6 Å². The Labute approximate surface area is 199 Å². The Bertz CT molecular complexity index is 1430. The minimum absolute atomic E-state index is 0.0282. The van der Waals surface area contributed by atoms with Crippen molar-refractivity contribution in [2.24, 2.45) is 0 Å². The molecule has 0 aliphatic heterocycles. The Morgan fingerprint density at radius 3 is 2.49 bits per heavy atom. The van der Waals surface area contributed by atoms with Gasteiger partial charge in [-0.25, -0.2) is 18.7 Å². The highest BCUT2D eigenvalue weighted by Crippen LogP contribution is 2.16. The molecular formula is C25H22FN5O4. The van der Waals surface area contributed by atoms with Gasteiger partial charge in [0.05, 0.1) is 17.8 Å². The largest absolute Gasteiger partial charge is 0.478 e. The number of carbonyl (C=O) groups is 3. The average molecular weight is 475 g/mol. The van der Waals surface area contributed by atoms with Crippen LogP contribution in [0.4, 0.5) is 4.39 Å². The summed E-state index contributed by atoms with van der Waals surface area (Å²) in [6, 6.07) is 13.2. The van der Waals surface area contributed by atoms with Crippen LogP contribution in [0, 0.1) is 12.7 Å². The lowest BCUT2D eigenvalue weighted by molar-refractivity contribution is 0.0696. The maximum absolute atomic E-state index is 13.5. The third-order valence-corrected chi connectivity index (χ3v) is 5.51. The quantitative estimate of drug-likeness (QED) is 0.377. The van der Waals surface area contributed by atoms with E-state index in [4.69, 9.17) is 5.11 Å². The van der Waals surface area contributed by atoms with Crippen molar-refractivity contribution >= 4 is 23.4 Å². The smallest absolute Gasteiger partial charge is 0.335 e. The van der Waals surface area contributed by atoms with Gasteiger partial charge in [-0.1, -0.05) is 24.3 Å². The van der Waals surface area contributed by atoms with Gasteiger partial charge in [0.2, 0.25) is 0 Å². The molecule has 1 atom stereocenters. The van der Waals surface area contributed by atoms with E-state index >= 15 is 0 Å². The molecule has 4 aromatic rings. The molecular weight excluding hydrogens is 453 g/mol. The summed E-state index contributed by atoms with van der Waals surface area (Å²) in [5.41, 5.74) is 2.51. The number of hydrogen-bond acceptors (Lipinski definition) is 5. The van der Waals surface area contributed by atoms with E-state index in [1.807, 2.05) is 0 Å². The lowest BCUT2D eigenvalue weighted by atomic mass is 10.1. The number of benzene rings is 2. The standard InChI is InChI=1S/C25H22FN5O4/c1-14-11-16(3-8-19(14)26)13-27-23(32)20-12-21(31-22(30-20)9-10-28-31)24(33)29-15(2)17-4-6-18(7-5-17)25(34)35/h3-12,15H,13H2,1-2H3,(H,27,32)(H,29,33)(H,34,35)/t15-/m0/s1. The van der Waals surface area contributed by atoms with E-state index < -0.39 is 23.8 Å². The lowest BCUT2D eigenvalue weighted by Gasteiger charge is -2.15. The van der Waals surface area contributed by atoms with Crippen LogP contribution >= 0.6 is 0 Å². The van der Waals surface area contributed by atoms with Crippen molar-refractivity contribution in [3.05, 3.63) is 100 Å². The van der Waals surface area contributed by atoms with Gasteiger partial charge in [-0.15, -0.1) is 0 Å². The molecule has 9 nitrogen and oxygen atoms in total. The fourth-order valence-corrected chi connectivity index (χ4v) is 3.55. The van der Waals surface area contributed by atoms with Crippen LogP contribution in [-0.4, -0.2) is 37.5 Å². The van der Waals surface area contributed by atoms with Gasteiger partial charge in [-0.05, 0) is 48.7 Å². The molecule has 0 fully saturated rings. The molecule has 0 spiro atoms. The number of carboxylic acid groups (broad SMARTS) is 1. The Hall–Kier alpha value is -4.60. The first-order valence-corrected chi connectivity index (χ1v) is 10.7. The highest BCUT2D eigenvalue weighted by molar-refractivity contribution is 5.98. The number of aromatic nitrogens is 3. The van der Waals surface area contributed by atoms with Gasteiger partial charge in [-0.2, -0.15) is 5.10 Å². The molecule has 0 bridgehead atoms. The Kier molecular flexibility index (Phi) is 6.54.